The number of amides is 1. The highest BCUT2D eigenvalue weighted by Gasteiger charge is 2.28. The van der Waals surface area contributed by atoms with Gasteiger partial charge in [0.1, 0.15) is 0 Å². The van der Waals surface area contributed by atoms with Crippen molar-refractivity contribution >= 4 is 27.3 Å². The predicted octanol–water partition coefficient (Wildman–Crippen LogP) is 3.75. The Morgan fingerprint density at radius 3 is 2.31 bits per heavy atom. The molecule has 0 saturated heterocycles. The molecule has 0 atom stereocenters. The van der Waals surface area contributed by atoms with Gasteiger partial charge in [0, 0.05) is 24.7 Å². The number of non-ortho nitro benzene ring substituents is 1. The number of anilines is 1. The number of benzene rings is 3. The molecule has 0 aliphatic rings. The van der Waals surface area contributed by atoms with Crippen LogP contribution < -0.4 is 14.8 Å². The zero-order valence-corrected chi connectivity index (χ0v) is 20.2. The lowest BCUT2D eigenvalue weighted by atomic mass is 10.2. The Kier molecular flexibility index (Phi) is 8.05. The van der Waals surface area contributed by atoms with Gasteiger partial charge in [0.15, 0.2) is 11.5 Å². The van der Waals surface area contributed by atoms with Crippen LogP contribution in [-0.2, 0) is 21.4 Å². The Morgan fingerprint density at radius 1 is 1.00 bits per heavy atom. The number of hydrogen-bond donors (Lipinski definition) is 1. The minimum absolute atomic E-state index is 0.0706. The number of nitro benzene ring substituents is 1. The van der Waals surface area contributed by atoms with E-state index in [4.69, 9.17) is 9.47 Å². The van der Waals surface area contributed by atoms with Crippen LogP contribution in [0.1, 0.15) is 11.1 Å². The summed E-state index contributed by atoms with van der Waals surface area (Å²) in [6, 6.07) is 17.1. The summed E-state index contributed by atoms with van der Waals surface area (Å²) in [6.45, 7) is 1.09. The van der Waals surface area contributed by atoms with Crippen molar-refractivity contribution < 1.29 is 27.6 Å². The van der Waals surface area contributed by atoms with Gasteiger partial charge in [-0.25, -0.2) is 8.42 Å². The summed E-state index contributed by atoms with van der Waals surface area (Å²) in [6.07, 6.45) is 0. The second-order valence-corrected chi connectivity index (χ2v) is 9.52. The Balaban J connectivity index is 1.94. The maximum Gasteiger partial charge on any atom is 0.271 e. The Labute approximate surface area is 203 Å². The van der Waals surface area contributed by atoms with E-state index in [1.165, 1.54) is 50.6 Å². The Bertz CT molecular complexity index is 1330. The number of carbonyl (C=O) groups excluding carboxylic acids is 1. The topological polar surface area (TPSA) is 128 Å². The number of nitrogens with zero attached hydrogens (tertiary/aromatic N) is 2. The molecular formula is C24H25N3O7S. The molecule has 1 N–H and O–H groups in total. The molecule has 0 bridgehead atoms. The first-order chi connectivity index (χ1) is 16.6. The van der Waals surface area contributed by atoms with Crippen molar-refractivity contribution in [2.24, 2.45) is 0 Å². The second-order valence-electron chi connectivity index (χ2n) is 7.58. The molecule has 0 saturated carbocycles. The third-order valence-corrected chi connectivity index (χ3v) is 7.01. The SMILES string of the molecule is COc1ccc(S(=O)(=O)N(CC(=O)Nc2cc([N+](=O)[O-])ccc2C)Cc2ccccc2)cc1OC. The van der Waals surface area contributed by atoms with Gasteiger partial charge in [-0.2, -0.15) is 4.31 Å². The average Bonchev–Trinajstić information content (AvgIpc) is 2.84. The van der Waals surface area contributed by atoms with Crippen LogP contribution in [0.15, 0.2) is 71.6 Å². The summed E-state index contributed by atoms with van der Waals surface area (Å²) in [4.78, 5) is 23.4. The van der Waals surface area contributed by atoms with Crippen LogP contribution in [0.2, 0.25) is 0 Å². The fourth-order valence-electron chi connectivity index (χ4n) is 3.35. The third kappa shape index (κ3) is 6.14. The summed E-state index contributed by atoms with van der Waals surface area (Å²) < 4.78 is 38.6. The molecule has 3 aromatic carbocycles. The largest absolute Gasteiger partial charge is 0.493 e. The van der Waals surface area contributed by atoms with Gasteiger partial charge in [-0.3, -0.25) is 14.9 Å². The zero-order chi connectivity index (χ0) is 25.6. The number of nitrogens with one attached hydrogen (secondary N) is 1. The van der Waals surface area contributed by atoms with E-state index in [1.54, 1.807) is 37.3 Å². The van der Waals surface area contributed by atoms with E-state index in [2.05, 4.69) is 5.32 Å². The number of sulfonamides is 1. The van der Waals surface area contributed by atoms with E-state index >= 15 is 0 Å². The first kappa shape index (κ1) is 25.7. The van der Waals surface area contributed by atoms with Gasteiger partial charge in [-0.15, -0.1) is 0 Å². The molecule has 0 heterocycles. The number of aryl methyl sites for hydroxylation is 1. The van der Waals surface area contributed by atoms with Gasteiger partial charge in [0.2, 0.25) is 15.9 Å². The smallest absolute Gasteiger partial charge is 0.271 e. The highest BCUT2D eigenvalue weighted by Crippen LogP contribution is 2.31. The number of hydrogen-bond acceptors (Lipinski definition) is 7. The van der Waals surface area contributed by atoms with E-state index in [9.17, 15) is 23.3 Å². The summed E-state index contributed by atoms with van der Waals surface area (Å²) in [7, 11) is -1.32. The molecule has 0 aliphatic carbocycles. The maximum absolute atomic E-state index is 13.6. The molecular weight excluding hydrogens is 474 g/mol. The summed E-state index contributed by atoms with van der Waals surface area (Å²) in [5.74, 6) is -0.0570. The Hall–Kier alpha value is -3.96. The van der Waals surface area contributed by atoms with E-state index in [1.807, 2.05) is 0 Å². The average molecular weight is 500 g/mol. The molecule has 3 aromatic rings. The molecule has 184 valence electrons. The molecule has 0 spiro atoms. The van der Waals surface area contributed by atoms with Crippen molar-refractivity contribution in [3.8, 4) is 11.5 Å². The van der Waals surface area contributed by atoms with Crippen molar-refractivity contribution in [3.63, 3.8) is 0 Å². The van der Waals surface area contributed by atoms with Crippen LogP contribution in [0.3, 0.4) is 0 Å². The van der Waals surface area contributed by atoms with Crippen molar-refractivity contribution in [2.75, 3.05) is 26.1 Å². The van der Waals surface area contributed by atoms with Crippen LogP contribution in [0, 0.1) is 17.0 Å². The molecule has 35 heavy (non-hydrogen) atoms. The maximum atomic E-state index is 13.6. The highest BCUT2D eigenvalue weighted by molar-refractivity contribution is 7.89. The van der Waals surface area contributed by atoms with Crippen LogP contribution in [0.25, 0.3) is 0 Å². The quantitative estimate of drug-likeness (QED) is 0.332. The first-order valence-corrected chi connectivity index (χ1v) is 11.9. The van der Waals surface area contributed by atoms with Gasteiger partial charge < -0.3 is 14.8 Å². The highest BCUT2D eigenvalue weighted by atomic mass is 32.2. The normalized spacial score (nSPS) is 11.2. The van der Waals surface area contributed by atoms with Gasteiger partial charge in [0.05, 0.1) is 36.3 Å². The minimum atomic E-state index is -4.15. The molecule has 0 fully saturated rings. The molecule has 10 nitrogen and oxygen atoms in total. The summed E-state index contributed by atoms with van der Waals surface area (Å²) in [5.41, 5.74) is 1.31. The van der Waals surface area contributed by atoms with Gasteiger partial charge in [0.25, 0.3) is 5.69 Å². The summed E-state index contributed by atoms with van der Waals surface area (Å²) >= 11 is 0. The lowest BCUT2D eigenvalue weighted by Gasteiger charge is -2.23. The van der Waals surface area contributed by atoms with Crippen molar-refractivity contribution in [2.45, 2.75) is 18.4 Å². The molecule has 0 aromatic heterocycles. The summed E-state index contributed by atoms with van der Waals surface area (Å²) in [5, 5.41) is 13.7. The number of methoxy groups -OCH3 is 2. The van der Waals surface area contributed by atoms with Crippen molar-refractivity contribution in [1.82, 2.24) is 4.31 Å². The van der Waals surface area contributed by atoms with Crippen LogP contribution in [0.5, 0.6) is 11.5 Å². The lowest BCUT2D eigenvalue weighted by molar-refractivity contribution is -0.384. The van der Waals surface area contributed by atoms with Gasteiger partial charge in [-0.05, 0) is 30.2 Å². The van der Waals surface area contributed by atoms with Crippen LogP contribution >= 0.6 is 0 Å². The van der Waals surface area contributed by atoms with Crippen LogP contribution in [-0.4, -0.2) is 44.3 Å². The zero-order valence-electron chi connectivity index (χ0n) is 19.4. The molecule has 3 rings (SSSR count). The first-order valence-electron chi connectivity index (χ1n) is 10.5. The molecule has 1 amide bonds. The molecule has 0 radical (unpaired) electrons. The van der Waals surface area contributed by atoms with Gasteiger partial charge in [-0.1, -0.05) is 36.4 Å². The lowest BCUT2D eigenvalue weighted by Crippen LogP contribution is -2.37. The van der Waals surface area contributed by atoms with E-state index in [0.717, 1.165) is 4.31 Å². The number of nitro groups is 1. The second kappa shape index (κ2) is 11.0. The standard InChI is InChI=1S/C24H25N3O7S/c1-17-9-10-19(27(29)30)13-21(17)25-24(28)16-26(15-18-7-5-4-6-8-18)35(31,32)20-11-12-22(33-2)23(14-20)34-3/h4-14H,15-16H2,1-3H3,(H,25,28). The molecule has 0 unspecified atom stereocenters. The Morgan fingerprint density at radius 2 is 1.69 bits per heavy atom. The van der Waals surface area contributed by atoms with Gasteiger partial charge >= 0.3 is 0 Å². The minimum Gasteiger partial charge on any atom is -0.493 e. The van der Waals surface area contributed by atoms with Crippen molar-refractivity contribution in [3.05, 3.63) is 88.0 Å². The van der Waals surface area contributed by atoms with E-state index in [-0.39, 0.29) is 28.6 Å². The molecule has 11 heteroatoms. The van der Waals surface area contributed by atoms with Crippen molar-refractivity contribution in [1.29, 1.82) is 0 Å². The monoisotopic (exact) mass is 499 g/mol. The number of ether oxygens (including phenoxy) is 2. The van der Waals surface area contributed by atoms with E-state index < -0.39 is 27.4 Å². The fourth-order valence-corrected chi connectivity index (χ4v) is 4.75. The number of carbonyl (C=O) groups is 1. The number of rotatable bonds is 10. The van der Waals surface area contributed by atoms with E-state index in [0.29, 0.717) is 16.9 Å². The molecule has 0 aliphatic heterocycles. The fraction of sp³-hybridized carbons (Fsp3) is 0.208. The predicted molar refractivity (Wildman–Crippen MR) is 130 cm³/mol. The van der Waals surface area contributed by atoms with Crippen LogP contribution in [0.4, 0.5) is 11.4 Å². The third-order valence-electron chi connectivity index (χ3n) is 5.22.